The number of halogens is 2. The second-order valence-corrected chi connectivity index (χ2v) is 7.55. The van der Waals surface area contributed by atoms with E-state index in [0.29, 0.717) is 6.07 Å². The average Bonchev–Trinajstić information content (AvgIpc) is 2.58. The van der Waals surface area contributed by atoms with Crippen LogP contribution in [-0.4, -0.2) is 37.2 Å². The molecular weight excluding hydrogens is 368 g/mol. The van der Waals surface area contributed by atoms with E-state index >= 15 is 0 Å². The lowest BCUT2D eigenvalue weighted by molar-refractivity contribution is -0.139. The Morgan fingerprint density at radius 3 is 2.15 bits per heavy atom. The third-order valence-electron chi connectivity index (χ3n) is 3.51. The molecule has 9 heteroatoms. The number of benzene rings is 2. The predicted molar refractivity (Wildman–Crippen MR) is 88.4 cm³/mol. The average molecular weight is 383 g/mol. The molecule has 2 aromatic carbocycles. The Morgan fingerprint density at radius 2 is 1.62 bits per heavy atom. The van der Waals surface area contributed by atoms with Crippen LogP contribution < -0.4 is 5.32 Å². The molecule has 2 aromatic rings. The normalized spacial score (nSPS) is 12.4. The number of carbonyl (C=O) groups excluding carboxylic acids is 1. The highest BCUT2D eigenvalue weighted by molar-refractivity contribution is 7.91. The van der Waals surface area contributed by atoms with E-state index in [1.54, 1.807) is 6.07 Å². The lowest BCUT2D eigenvalue weighted by atomic mass is 10.1. The van der Waals surface area contributed by atoms with Crippen LogP contribution in [0.2, 0.25) is 0 Å². The zero-order valence-electron chi connectivity index (χ0n) is 13.4. The quantitative estimate of drug-likeness (QED) is 0.762. The van der Waals surface area contributed by atoms with Gasteiger partial charge in [-0.3, -0.25) is 4.79 Å². The Morgan fingerprint density at radius 1 is 1.04 bits per heavy atom. The molecule has 0 fully saturated rings. The standard InChI is InChI=1S/C17H15F2NO5S/c18-12-8-11(9-13(19)10-12)16(21)20-15(17(22)23)6-7-26(24,25)14-4-2-1-3-5-14/h1-5,8-10,15H,6-7H2,(H,20,21)(H,22,23)/t15-/m0/s1. The smallest absolute Gasteiger partial charge is 0.326 e. The van der Waals surface area contributed by atoms with Crippen molar-refractivity contribution in [2.45, 2.75) is 17.4 Å². The Hall–Kier alpha value is -2.81. The topological polar surface area (TPSA) is 101 Å². The van der Waals surface area contributed by atoms with E-state index in [9.17, 15) is 31.9 Å². The summed E-state index contributed by atoms with van der Waals surface area (Å²) in [5.41, 5.74) is -0.403. The minimum Gasteiger partial charge on any atom is -0.480 e. The van der Waals surface area contributed by atoms with E-state index in [-0.39, 0.29) is 4.90 Å². The summed E-state index contributed by atoms with van der Waals surface area (Å²) in [7, 11) is -3.74. The maximum absolute atomic E-state index is 13.2. The van der Waals surface area contributed by atoms with Gasteiger partial charge in [-0.2, -0.15) is 0 Å². The van der Waals surface area contributed by atoms with E-state index < -0.39 is 57.1 Å². The number of rotatable bonds is 7. The van der Waals surface area contributed by atoms with E-state index in [0.717, 1.165) is 12.1 Å². The second-order valence-electron chi connectivity index (χ2n) is 5.44. The monoisotopic (exact) mass is 383 g/mol. The lowest BCUT2D eigenvalue weighted by Crippen LogP contribution is -2.42. The highest BCUT2D eigenvalue weighted by atomic mass is 32.2. The van der Waals surface area contributed by atoms with Gasteiger partial charge >= 0.3 is 5.97 Å². The molecule has 26 heavy (non-hydrogen) atoms. The molecular formula is C17H15F2NO5S. The maximum atomic E-state index is 13.2. The Balaban J connectivity index is 2.09. The fourth-order valence-electron chi connectivity index (χ4n) is 2.20. The number of carboxylic acids is 1. The van der Waals surface area contributed by atoms with E-state index in [1.807, 2.05) is 0 Å². The highest BCUT2D eigenvalue weighted by Gasteiger charge is 2.24. The van der Waals surface area contributed by atoms with E-state index in [4.69, 9.17) is 0 Å². The van der Waals surface area contributed by atoms with Crippen molar-refractivity contribution in [3.8, 4) is 0 Å². The first-order valence-corrected chi connectivity index (χ1v) is 9.12. The SMILES string of the molecule is O=C(N[C@@H](CCS(=O)(=O)c1ccccc1)C(=O)O)c1cc(F)cc(F)c1. The van der Waals surface area contributed by atoms with Gasteiger partial charge < -0.3 is 10.4 Å². The summed E-state index contributed by atoms with van der Waals surface area (Å²) in [5.74, 6) is -4.99. The van der Waals surface area contributed by atoms with Crippen LogP contribution in [0, 0.1) is 11.6 Å². The van der Waals surface area contributed by atoms with Crippen molar-refractivity contribution in [1.29, 1.82) is 0 Å². The first kappa shape index (κ1) is 19.5. The largest absolute Gasteiger partial charge is 0.480 e. The second kappa shape index (κ2) is 8.05. The summed E-state index contributed by atoms with van der Waals surface area (Å²) in [6.45, 7) is 0. The van der Waals surface area contributed by atoms with Crippen LogP contribution in [-0.2, 0) is 14.6 Å². The lowest BCUT2D eigenvalue weighted by Gasteiger charge is -2.15. The van der Waals surface area contributed by atoms with Gasteiger partial charge in [-0.25, -0.2) is 22.0 Å². The summed E-state index contributed by atoms with van der Waals surface area (Å²) < 4.78 is 50.7. The van der Waals surface area contributed by atoms with Crippen LogP contribution in [0.4, 0.5) is 8.78 Å². The Labute approximate surface area is 148 Å². The van der Waals surface area contributed by atoms with Crippen LogP contribution in [0.5, 0.6) is 0 Å². The third-order valence-corrected chi connectivity index (χ3v) is 5.27. The number of amides is 1. The predicted octanol–water partition coefficient (Wildman–Crippen LogP) is 2.01. The van der Waals surface area contributed by atoms with Crippen molar-refractivity contribution in [3.63, 3.8) is 0 Å². The molecule has 0 radical (unpaired) electrons. The fourth-order valence-corrected chi connectivity index (χ4v) is 3.56. The van der Waals surface area contributed by atoms with Gasteiger partial charge in [-0.15, -0.1) is 0 Å². The minimum atomic E-state index is -3.74. The van der Waals surface area contributed by atoms with Gasteiger partial charge in [0.05, 0.1) is 10.6 Å². The molecule has 2 rings (SSSR count). The van der Waals surface area contributed by atoms with Crippen molar-refractivity contribution in [3.05, 3.63) is 65.7 Å². The van der Waals surface area contributed by atoms with Crippen molar-refractivity contribution in [1.82, 2.24) is 5.32 Å². The molecule has 138 valence electrons. The third kappa shape index (κ3) is 5.09. The van der Waals surface area contributed by atoms with Gasteiger partial charge in [0.15, 0.2) is 9.84 Å². The van der Waals surface area contributed by atoms with Crippen LogP contribution in [0.1, 0.15) is 16.8 Å². The molecule has 0 spiro atoms. The van der Waals surface area contributed by atoms with Crippen molar-refractivity contribution < 1.29 is 31.9 Å². The molecule has 0 bridgehead atoms. The number of aliphatic carboxylic acids is 1. The molecule has 0 heterocycles. The Kier molecular flexibility index (Phi) is 6.04. The van der Waals surface area contributed by atoms with Crippen LogP contribution in [0.25, 0.3) is 0 Å². The van der Waals surface area contributed by atoms with Gasteiger partial charge in [0.25, 0.3) is 5.91 Å². The zero-order chi connectivity index (χ0) is 19.3. The zero-order valence-corrected chi connectivity index (χ0v) is 14.2. The van der Waals surface area contributed by atoms with Crippen LogP contribution in [0.3, 0.4) is 0 Å². The van der Waals surface area contributed by atoms with Crippen molar-refractivity contribution in [2.75, 3.05) is 5.75 Å². The first-order chi connectivity index (χ1) is 12.2. The molecule has 0 saturated carbocycles. The number of hydrogen-bond donors (Lipinski definition) is 2. The maximum Gasteiger partial charge on any atom is 0.326 e. The first-order valence-electron chi connectivity index (χ1n) is 7.46. The summed E-state index contributed by atoms with van der Waals surface area (Å²) in [6, 6.07) is 7.97. The number of hydrogen-bond acceptors (Lipinski definition) is 4. The van der Waals surface area contributed by atoms with Gasteiger partial charge in [0, 0.05) is 11.6 Å². The van der Waals surface area contributed by atoms with Gasteiger partial charge in [-0.05, 0) is 30.7 Å². The molecule has 0 saturated heterocycles. The molecule has 1 amide bonds. The van der Waals surface area contributed by atoms with Gasteiger partial charge in [-0.1, -0.05) is 18.2 Å². The summed E-state index contributed by atoms with van der Waals surface area (Å²) in [4.78, 5) is 23.3. The highest BCUT2D eigenvalue weighted by Crippen LogP contribution is 2.13. The molecule has 2 N–H and O–H groups in total. The molecule has 0 aliphatic rings. The van der Waals surface area contributed by atoms with Crippen LogP contribution >= 0.6 is 0 Å². The van der Waals surface area contributed by atoms with Crippen LogP contribution in [0.15, 0.2) is 53.4 Å². The molecule has 0 aliphatic carbocycles. The van der Waals surface area contributed by atoms with E-state index in [2.05, 4.69) is 5.32 Å². The molecule has 6 nitrogen and oxygen atoms in total. The number of sulfone groups is 1. The van der Waals surface area contributed by atoms with Crippen molar-refractivity contribution in [2.24, 2.45) is 0 Å². The number of carbonyl (C=O) groups is 2. The van der Waals surface area contributed by atoms with E-state index in [1.165, 1.54) is 24.3 Å². The van der Waals surface area contributed by atoms with Gasteiger partial charge in [0.1, 0.15) is 17.7 Å². The molecule has 0 unspecified atom stereocenters. The number of carboxylic acid groups (broad SMARTS) is 1. The fraction of sp³-hybridized carbons (Fsp3) is 0.176. The number of nitrogens with one attached hydrogen (secondary N) is 1. The molecule has 0 aliphatic heterocycles. The van der Waals surface area contributed by atoms with Gasteiger partial charge in [0.2, 0.25) is 0 Å². The molecule has 0 aromatic heterocycles. The Bertz CT molecular complexity index is 896. The molecule has 1 atom stereocenters. The van der Waals surface area contributed by atoms with Crippen molar-refractivity contribution >= 4 is 21.7 Å². The summed E-state index contributed by atoms with van der Waals surface area (Å²) >= 11 is 0. The summed E-state index contributed by atoms with van der Waals surface area (Å²) in [5, 5.41) is 11.3. The minimum absolute atomic E-state index is 0.0302. The summed E-state index contributed by atoms with van der Waals surface area (Å²) in [6.07, 6.45) is -0.407.